The summed E-state index contributed by atoms with van der Waals surface area (Å²) < 4.78 is 6.80. The highest BCUT2D eigenvalue weighted by atomic mass is 16.5. The number of aromatic nitrogens is 4. The molecule has 1 amide bonds. The van der Waals surface area contributed by atoms with E-state index in [9.17, 15) is 9.90 Å². The van der Waals surface area contributed by atoms with E-state index in [0.29, 0.717) is 11.7 Å². The van der Waals surface area contributed by atoms with Crippen LogP contribution in [0.3, 0.4) is 0 Å². The molecule has 4 rings (SSSR count). The number of tetrazole rings is 1. The Balaban J connectivity index is 1.37. The monoisotopic (exact) mass is 358 g/mol. The van der Waals surface area contributed by atoms with Crippen LogP contribution in [-0.2, 0) is 4.74 Å². The van der Waals surface area contributed by atoms with E-state index in [1.807, 2.05) is 0 Å². The highest BCUT2D eigenvalue weighted by Crippen LogP contribution is 2.25. The van der Waals surface area contributed by atoms with Gasteiger partial charge in [0.25, 0.3) is 5.91 Å². The van der Waals surface area contributed by atoms with Gasteiger partial charge in [0.05, 0.1) is 11.3 Å². The maximum atomic E-state index is 12.5. The van der Waals surface area contributed by atoms with E-state index in [-0.39, 0.29) is 29.3 Å². The molecular formula is C17H22N6O3. The molecule has 0 spiro atoms. The number of aromatic hydroxyl groups is 1. The number of nitrogens with zero attached hydrogens (tertiary/aromatic N) is 4. The zero-order valence-corrected chi connectivity index (χ0v) is 14.3. The molecule has 1 aliphatic heterocycles. The first-order chi connectivity index (χ1) is 12.7. The first-order valence-electron chi connectivity index (χ1n) is 8.92. The average Bonchev–Trinajstić information content (AvgIpc) is 3.18. The molecule has 2 atom stereocenters. The zero-order chi connectivity index (χ0) is 17.9. The molecule has 26 heavy (non-hydrogen) atoms. The van der Waals surface area contributed by atoms with E-state index in [2.05, 4.69) is 26.2 Å². The summed E-state index contributed by atoms with van der Waals surface area (Å²) in [5.74, 6) is -0.363. The number of phenols is 1. The van der Waals surface area contributed by atoms with Crippen molar-refractivity contribution in [3.8, 4) is 11.4 Å². The van der Waals surface area contributed by atoms with Crippen molar-refractivity contribution < 1.29 is 14.6 Å². The van der Waals surface area contributed by atoms with Crippen molar-refractivity contribution >= 4 is 5.91 Å². The molecule has 2 heterocycles. The third-order valence-corrected chi connectivity index (χ3v) is 5.10. The van der Waals surface area contributed by atoms with Crippen molar-refractivity contribution in [3.05, 3.63) is 30.1 Å². The highest BCUT2D eigenvalue weighted by molar-refractivity contribution is 5.97. The Morgan fingerprint density at radius 2 is 2.00 bits per heavy atom. The van der Waals surface area contributed by atoms with Gasteiger partial charge in [-0.25, -0.2) is 4.68 Å². The van der Waals surface area contributed by atoms with Crippen LogP contribution in [0.25, 0.3) is 5.69 Å². The summed E-state index contributed by atoms with van der Waals surface area (Å²) in [6.07, 6.45) is 5.44. The van der Waals surface area contributed by atoms with Crippen LogP contribution in [0.5, 0.6) is 5.75 Å². The van der Waals surface area contributed by atoms with Crippen molar-refractivity contribution in [2.24, 2.45) is 0 Å². The number of amides is 1. The molecule has 2 fully saturated rings. The summed E-state index contributed by atoms with van der Waals surface area (Å²) >= 11 is 0. The summed E-state index contributed by atoms with van der Waals surface area (Å²) in [5.41, 5.74) is 0.838. The van der Waals surface area contributed by atoms with Crippen LogP contribution >= 0.6 is 0 Å². The standard InChI is InChI=1S/C17H22N6O3/c24-16-9-12(23-10-18-21-22-23)1-2-13(16)17(25)20-15-4-3-14(15)19-11-5-7-26-8-6-11/h1-2,9-11,14-15,19,24H,3-8H2,(H,20,25)/t14-,15+/m1/s1. The second-order valence-corrected chi connectivity index (χ2v) is 6.77. The summed E-state index contributed by atoms with van der Waals surface area (Å²) in [4.78, 5) is 12.5. The third-order valence-electron chi connectivity index (χ3n) is 5.10. The molecule has 3 N–H and O–H groups in total. The summed E-state index contributed by atoms with van der Waals surface area (Å²) in [6.45, 7) is 1.59. The third kappa shape index (κ3) is 3.54. The molecule has 0 radical (unpaired) electrons. The molecule has 2 aromatic rings. The fourth-order valence-corrected chi connectivity index (χ4v) is 3.42. The Labute approximate surface area is 150 Å². The van der Waals surface area contributed by atoms with Gasteiger partial charge in [0, 0.05) is 37.4 Å². The van der Waals surface area contributed by atoms with Crippen molar-refractivity contribution in [2.75, 3.05) is 13.2 Å². The SMILES string of the molecule is O=C(N[C@H]1CC[C@H]1NC1CCOCC1)c1ccc(-n2cnnn2)cc1O. The minimum Gasteiger partial charge on any atom is -0.507 e. The lowest BCUT2D eigenvalue weighted by molar-refractivity contribution is 0.0652. The predicted octanol–water partition coefficient (Wildman–Crippen LogP) is 0.397. The van der Waals surface area contributed by atoms with Crippen molar-refractivity contribution in [1.29, 1.82) is 0 Å². The van der Waals surface area contributed by atoms with Crippen LogP contribution in [0.4, 0.5) is 0 Å². The van der Waals surface area contributed by atoms with Crippen LogP contribution in [0, 0.1) is 0 Å². The van der Waals surface area contributed by atoms with E-state index < -0.39 is 0 Å². The number of rotatable bonds is 5. The zero-order valence-electron chi connectivity index (χ0n) is 14.3. The van der Waals surface area contributed by atoms with Crippen LogP contribution < -0.4 is 10.6 Å². The van der Waals surface area contributed by atoms with Gasteiger partial charge in [0.1, 0.15) is 12.1 Å². The number of carbonyl (C=O) groups is 1. The molecule has 9 heteroatoms. The molecule has 9 nitrogen and oxygen atoms in total. The van der Waals surface area contributed by atoms with Crippen LogP contribution in [0.2, 0.25) is 0 Å². The van der Waals surface area contributed by atoms with Gasteiger partial charge < -0.3 is 20.5 Å². The van der Waals surface area contributed by atoms with Gasteiger partial charge in [-0.1, -0.05) is 0 Å². The van der Waals surface area contributed by atoms with Crippen molar-refractivity contribution in [1.82, 2.24) is 30.8 Å². The van der Waals surface area contributed by atoms with E-state index >= 15 is 0 Å². The summed E-state index contributed by atoms with van der Waals surface area (Å²) in [5, 5.41) is 27.7. The normalized spacial score (nSPS) is 23.4. The maximum absolute atomic E-state index is 12.5. The molecule has 0 bridgehead atoms. The number of ether oxygens (including phenoxy) is 1. The van der Waals surface area contributed by atoms with E-state index in [1.165, 1.54) is 17.1 Å². The number of hydrogen-bond acceptors (Lipinski definition) is 7. The second kappa shape index (κ2) is 7.38. The maximum Gasteiger partial charge on any atom is 0.255 e. The quantitative estimate of drug-likeness (QED) is 0.709. The van der Waals surface area contributed by atoms with Crippen molar-refractivity contribution in [3.63, 3.8) is 0 Å². The predicted molar refractivity (Wildman–Crippen MR) is 92.1 cm³/mol. The second-order valence-electron chi connectivity index (χ2n) is 6.77. The first-order valence-corrected chi connectivity index (χ1v) is 8.92. The van der Waals surface area contributed by atoms with Gasteiger partial charge in [-0.2, -0.15) is 0 Å². The van der Waals surface area contributed by atoms with E-state index in [1.54, 1.807) is 12.1 Å². The summed E-state index contributed by atoms with van der Waals surface area (Å²) in [7, 11) is 0. The van der Waals surface area contributed by atoms with Crippen molar-refractivity contribution in [2.45, 2.75) is 43.8 Å². The Morgan fingerprint density at radius 3 is 2.65 bits per heavy atom. The number of hydrogen-bond donors (Lipinski definition) is 3. The van der Waals surface area contributed by atoms with Gasteiger partial charge in [-0.15, -0.1) is 5.10 Å². The number of benzene rings is 1. The lowest BCUT2D eigenvalue weighted by Gasteiger charge is -2.41. The lowest BCUT2D eigenvalue weighted by Crippen LogP contribution is -2.59. The molecule has 1 aliphatic carbocycles. The molecule has 1 saturated heterocycles. The Bertz CT molecular complexity index is 760. The van der Waals surface area contributed by atoms with E-state index in [4.69, 9.17) is 4.74 Å². The first kappa shape index (κ1) is 16.9. The van der Waals surface area contributed by atoms with Crippen LogP contribution in [0.1, 0.15) is 36.0 Å². The lowest BCUT2D eigenvalue weighted by atomic mass is 9.85. The fourth-order valence-electron chi connectivity index (χ4n) is 3.42. The molecular weight excluding hydrogens is 336 g/mol. The highest BCUT2D eigenvalue weighted by Gasteiger charge is 2.34. The molecule has 0 unspecified atom stereocenters. The van der Waals surface area contributed by atoms with Gasteiger partial charge in [-0.05, 0) is 48.2 Å². The topological polar surface area (TPSA) is 114 Å². The van der Waals surface area contributed by atoms with Gasteiger partial charge >= 0.3 is 0 Å². The Kier molecular flexibility index (Phi) is 4.81. The Morgan fingerprint density at radius 1 is 1.19 bits per heavy atom. The van der Waals surface area contributed by atoms with Crippen LogP contribution in [0.15, 0.2) is 24.5 Å². The number of carbonyl (C=O) groups excluding carboxylic acids is 1. The minimum atomic E-state index is -0.269. The number of nitrogens with one attached hydrogen (secondary N) is 2. The van der Waals surface area contributed by atoms with Crippen LogP contribution in [-0.4, -0.2) is 62.6 Å². The number of phenolic OH excluding ortho intramolecular Hbond substituents is 1. The molecule has 1 saturated carbocycles. The van der Waals surface area contributed by atoms with E-state index in [0.717, 1.165) is 38.9 Å². The summed E-state index contributed by atoms with van der Waals surface area (Å²) in [6, 6.07) is 5.58. The molecule has 138 valence electrons. The van der Waals surface area contributed by atoms with Gasteiger partial charge in [0.15, 0.2) is 0 Å². The minimum absolute atomic E-state index is 0.0870. The van der Waals surface area contributed by atoms with Gasteiger partial charge in [-0.3, -0.25) is 4.79 Å². The smallest absolute Gasteiger partial charge is 0.255 e. The molecule has 1 aromatic carbocycles. The molecule has 1 aromatic heterocycles. The Hall–Kier alpha value is -2.52. The molecule has 2 aliphatic rings. The largest absolute Gasteiger partial charge is 0.507 e. The fraction of sp³-hybridized carbons (Fsp3) is 0.529. The van der Waals surface area contributed by atoms with Gasteiger partial charge in [0.2, 0.25) is 0 Å². The average molecular weight is 358 g/mol.